The van der Waals surface area contributed by atoms with Crippen LogP contribution in [0.2, 0.25) is 0 Å². The summed E-state index contributed by atoms with van der Waals surface area (Å²) >= 11 is 0. The van der Waals surface area contributed by atoms with Gasteiger partial charge in [-0.05, 0) is 41.5 Å². The first-order chi connectivity index (χ1) is 11.7. The first kappa shape index (κ1) is 16.8. The van der Waals surface area contributed by atoms with Crippen LogP contribution < -0.4 is 0 Å². The van der Waals surface area contributed by atoms with E-state index >= 15 is 0 Å². The van der Waals surface area contributed by atoms with Crippen LogP contribution in [0.1, 0.15) is 22.3 Å². The largest absolute Gasteiger partial charge is 0.290 e. The minimum atomic E-state index is -0.114. The van der Waals surface area contributed by atoms with Crippen molar-refractivity contribution in [2.24, 2.45) is 0 Å². The van der Waals surface area contributed by atoms with Gasteiger partial charge >= 0.3 is 0 Å². The highest BCUT2D eigenvalue weighted by molar-refractivity contribution is 6.02. The second-order valence-electron chi connectivity index (χ2n) is 4.92. The van der Waals surface area contributed by atoms with Gasteiger partial charge in [0.2, 0.25) is 0 Å². The third-order valence-corrected chi connectivity index (χ3v) is 3.31. The van der Waals surface area contributed by atoms with E-state index in [0.29, 0.717) is 0 Å². The molecule has 0 heterocycles. The Bertz CT molecular complexity index is 896. The van der Waals surface area contributed by atoms with Crippen molar-refractivity contribution in [2.75, 3.05) is 0 Å². The van der Waals surface area contributed by atoms with Gasteiger partial charge in [0.25, 0.3) is 0 Å². The lowest BCUT2D eigenvalue weighted by Crippen LogP contribution is -1.86. The smallest absolute Gasteiger partial charge is 0.178 e. The van der Waals surface area contributed by atoms with E-state index in [1.165, 1.54) is 12.2 Å². The lowest BCUT2D eigenvalue weighted by Gasteiger charge is -1.96. The van der Waals surface area contributed by atoms with Gasteiger partial charge in [0.15, 0.2) is 5.78 Å². The van der Waals surface area contributed by atoms with Crippen molar-refractivity contribution >= 4 is 17.9 Å². The molecule has 114 valence electrons. The zero-order valence-electron chi connectivity index (χ0n) is 13.1. The molecule has 0 atom stereocenters. The second-order valence-corrected chi connectivity index (χ2v) is 4.92. The maximum Gasteiger partial charge on any atom is 0.178 e. The molecule has 0 aliphatic heterocycles. The van der Waals surface area contributed by atoms with Crippen LogP contribution >= 0.6 is 0 Å². The molecule has 0 aliphatic carbocycles. The Kier molecular flexibility index (Phi) is 6.16. The van der Waals surface area contributed by atoms with Crippen LogP contribution in [0.25, 0.3) is 12.2 Å². The molecule has 2 aromatic carbocycles. The molecule has 0 saturated carbocycles. The zero-order valence-corrected chi connectivity index (χ0v) is 13.1. The summed E-state index contributed by atoms with van der Waals surface area (Å²) < 4.78 is 0. The summed E-state index contributed by atoms with van der Waals surface area (Å²) in [5.41, 5.74) is 3.37. The Labute approximate surface area is 143 Å². The fourth-order valence-electron chi connectivity index (χ4n) is 2.08. The van der Waals surface area contributed by atoms with Gasteiger partial charge in [0.05, 0.1) is 0 Å². The predicted octanol–water partition coefficient (Wildman–Crippen LogP) is 4.50. The van der Waals surface area contributed by atoms with Crippen molar-refractivity contribution in [1.29, 1.82) is 0 Å². The highest BCUT2D eigenvalue weighted by Crippen LogP contribution is 2.10. The van der Waals surface area contributed by atoms with Crippen molar-refractivity contribution in [1.82, 2.24) is 0 Å². The number of benzene rings is 2. The topological polar surface area (TPSA) is 17.1 Å². The van der Waals surface area contributed by atoms with Gasteiger partial charge in [-0.25, -0.2) is 0 Å². The summed E-state index contributed by atoms with van der Waals surface area (Å²) in [6.07, 6.45) is 20.9. The summed E-state index contributed by atoms with van der Waals surface area (Å²) in [5, 5.41) is 0. The average molecular weight is 308 g/mol. The number of carbonyl (C=O) groups is 1. The molecule has 0 aromatic heterocycles. The van der Waals surface area contributed by atoms with Crippen LogP contribution in [0.4, 0.5) is 0 Å². The average Bonchev–Trinajstić information content (AvgIpc) is 2.64. The first-order valence-corrected chi connectivity index (χ1v) is 7.42. The van der Waals surface area contributed by atoms with E-state index in [0.717, 1.165) is 22.3 Å². The number of hydrogen-bond donors (Lipinski definition) is 0. The molecule has 0 radical (unpaired) electrons. The monoisotopic (exact) mass is 308 g/mol. The molecular formula is C23H16O. The van der Waals surface area contributed by atoms with E-state index in [9.17, 15) is 4.79 Å². The molecule has 2 aromatic rings. The van der Waals surface area contributed by atoms with Crippen molar-refractivity contribution in [3.63, 3.8) is 0 Å². The number of allylic oxidation sites excluding steroid dienone is 4. The Hall–Kier alpha value is -3.55. The number of rotatable bonds is 5. The maximum absolute atomic E-state index is 11.9. The summed E-state index contributed by atoms with van der Waals surface area (Å²) in [4.78, 5) is 11.9. The quantitative estimate of drug-likeness (QED) is 0.451. The van der Waals surface area contributed by atoms with Gasteiger partial charge in [-0.2, -0.15) is 0 Å². The van der Waals surface area contributed by atoms with Crippen molar-refractivity contribution in [3.8, 4) is 24.7 Å². The molecule has 0 aliphatic rings. The van der Waals surface area contributed by atoms with E-state index in [1.54, 1.807) is 18.2 Å². The summed E-state index contributed by atoms with van der Waals surface area (Å²) in [6.45, 7) is 0. The predicted molar refractivity (Wildman–Crippen MR) is 101 cm³/mol. The number of ketones is 1. The van der Waals surface area contributed by atoms with Crippen LogP contribution in [-0.2, 0) is 4.79 Å². The lowest BCUT2D eigenvalue weighted by molar-refractivity contribution is -0.110. The molecule has 0 unspecified atom stereocenters. The van der Waals surface area contributed by atoms with Crippen molar-refractivity contribution < 1.29 is 4.79 Å². The van der Waals surface area contributed by atoms with Crippen LogP contribution in [0.15, 0.2) is 72.8 Å². The highest BCUT2D eigenvalue weighted by Gasteiger charge is 1.95. The molecule has 0 bridgehead atoms. The molecule has 0 fully saturated rings. The second kappa shape index (κ2) is 8.79. The van der Waals surface area contributed by atoms with E-state index < -0.39 is 0 Å². The molecule has 24 heavy (non-hydrogen) atoms. The van der Waals surface area contributed by atoms with Crippen LogP contribution in [0.5, 0.6) is 0 Å². The number of carbonyl (C=O) groups excluding carboxylic acids is 1. The summed E-state index contributed by atoms with van der Waals surface area (Å²) in [6, 6.07) is 15.1. The van der Waals surface area contributed by atoms with Gasteiger partial charge < -0.3 is 0 Å². The Morgan fingerprint density at radius 3 is 1.88 bits per heavy atom. The third-order valence-electron chi connectivity index (χ3n) is 3.31. The Balaban J connectivity index is 2.01. The molecule has 0 saturated heterocycles. The molecular weight excluding hydrogens is 292 g/mol. The van der Waals surface area contributed by atoms with Crippen LogP contribution in [0, 0.1) is 24.7 Å². The molecule has 0 spiro atoms. The minimum Gasteiger partial charge on any atom is -0.290 e. The van der Waals surface area contributed by atoms with Crippen molar-refractivity contribution in [2.45, 2.75) is 0 Å². The van der Waals surface area contributed by atoms with Gasteiger partial charge in [-0.1, -0.05) is 66.5 Å². The van der Waals surface area contributed by atoms with E-state index in [2.05, 4.69) is 11.8 Å². The standard InChI is InChI=1S/C23H16O/c1-3-19-11-5-7-13-21(19)14-9-10-16-23(24)18-17-22-15-8-6-12-20(22)4-2/h1-2,5-18H. The fraction of sp³-hybridized carbons (Fsp3) is 0. The lowest BCUT2D eigenvalue weighted by atomic mass is 10.1. The molecule has 1 nitrogen and oxygen atoms in total. The summed E-state index contributed by atoms with van der Waals surface area (Å²) in [7, 11) is 0. The van der Waals surface area contributed by atoms with Gasteiger partial charge in [0, 0.05) is 11.1 Å². The number of terminal acetylenes is 2. The van der Waals surface area contributed by atoms with E-state index in [-0.39, 0.29) is 5.78 Å². The molecule has 0 amide bonds. The molecule has 2 rings (SSSR count). The van der Waals surface area contributed by atoms with E-state index in [4.69, 9.17) is 12.8 Å². The highest BCUT2D eigenvalue weighted by atomic mass is 16.1. The normalized spacial score (nSPS) is 10.9. The number of hydrogen-bond acceptors (Lipinski definition) is 1. The molecule has 1 heteroatoms. The first-order valence-electron chi connectivity index (χ1n) is 7.42. The maximum atomic E-state index is 11.9. The zero-order chi connectivity index (χ0) is 17.2. The van der Waals surface area contributed by atoms with Gasteiger partial charge in [-0.3, -0.25) is 4.79 Å². The minimum absolute atomic E-state index is 0.114. The van der Waals surface area contributed by atoms with Crippen LogP contribution in [0.3, 0.4) is 0 Å². The molecule has 0 N–H and O–H groups in total. The van der Waals surface area contributed by atoms with Crippen molar-refractivity contribution in [3.05, 3.63) is 95.1 Å². The third kappa shape index (κ3) is 4.73. The van der Waals surface area contributed by atoms with Gasteiger partial charge in [-0.15, -0.1) is 12.8 Å². The van der Waals surface area contributed by atoms with E-state index in [1.807, 2.05) is 54.6 Å². The van der Waals surface area contributed by atoms with Crippen LogP contribution in [-0.4, -0.2) is 5.78 Å². The Morgan fingerprint density at radius 1 is 0.750 bits per heavy atom. The fourth-order valence-corrected chi connectivity index (χ4v) is 2.08. The summed E-state index contributed by atoms with van der Waals surface area (Å²) in [5.74, 6) is 5.10. The van der Waals surface area contributed by atoms with Gasteiger partial charge in [0.1, 0.15) is 0 Å². The SMILES string of the molecule is C#Cc1ccccc1C=CC=CC(=O)C=Cc1ccccc1C#C. The Morgan fingerprint density at radius 2 is 1.29 bits per heavy atom.